The fourth-order valence-electron chi connectivity index (χ4n) is 3.55. The molecule has 2 nitrogen and oxygen atoms in total. The van der Waals surface area contributed by atoms with Crippen LogP contribution in [0.15, 0.2) is 0 Å². The zero-order valence-electron chi connectivity index (χ0n) is 15.3. The molecule has 1 N–H and O–H groups in total. The largest absolute Gasteiger partial charge is 0.311 e. The van der Waals surface area contributed by atoms with Gasteiger partial charge in [-0.1, -0.05) is 26.2 Å². The van der Waals surface area contributed by atoms with Crippen molar-refractivity contribution in [3.63, 3.8) is 0 Å². The second kappa shape index (κ2) is 8.79. The quantitative estimate of drug-likeness (QED) is 0.715. The monoisotopic (exact) mass is 314 g/mol. The minimum atomic E-state index is 0.229. The second-order valence-corrected chi connectivity index (χ2v) is 9.01. The summed E-state index contributed by atoms with van der Waals surface area (Å²) in [6.45, 7) is 11.6. The Bertz CT molecular complexity index is 279. The first kappa shape index (κ1) is 19.3. The molecule has 0 amide bonds. The molecular weight excluding hydrogens is 276 g/mol. The van der Waals surface area contributed by atoms with Crippen LogP contribution in [0.4, 0.5) is 0 Å². The summed E-state index contributed by atoms with van der Waals surface area (Å²) in [5.41, 5.74) is 0.721. The fraction of sp³-hybridized carbons (Fsp3) is 1.00. The van der Waals surface area contributed by atoms with Crippen LogP contribution in [-0.4, -0.2) is 48.6 Å². The summed E-state index contributed by atoms with van der Waals surface area (Å²) in [5, 5.41) is 3.79. The van der Waals surface area contributed by atoms with E-state index in [1.165, 1.54) is 57.4 Å². The van der Waals surface area contributed by atoms with Crippen molar-refractivity contribution in [3.05, 3.63) is 0 Å². The van der Waals surface area contributed by atoms with Crippen molar-refractivity contribution in [3.8, 4) is 0 Å². The van der Waals surface area contributed by atoms with E-state index in [-0.39, 0.29) is 5.54 Å². The normalized spacial score (nSPS) is 20.7. The third-order valence-corrected chi connectivity index (χ3v) is 5.66. The topological polar surface area (TPSA) is 15.3 Å². The van der Waals surface area contributed by atoms with Gasteiger partial charge >= 0.3 is 0 Å². The average molecular weight is 315 g/mol. The molecule has 0 saturated heterocycles. The number of hydrogen-bond acceptors (Lipinski definition) is 3. The van der Waals surface area contributed by atoms with Crippen molar-refractivity contribution in [2.24, 2.45) is 5.41 Å². The Labute approximate surface area is 137 Å². The zero-order valence-corrected chi connectivity index (χ0v) is 16.1. The Balaban J connectivity index is 2.68. The van der Waals surface area contributed by atoms with E-state index < -0.39 is 0 Å². The van der Waals surface area contributed by atoms with E-state index in [1.807, 2.05) is 11.8 Å². The van der Waals surface area contributed by atoms with Crippen LogP contribution in [0.1, 0.15) is 66.2 Å². The molecule has 3 heteroatoms. The van der Waals surface area contributed by atoms with Crippen molar-refractivity contribution in [2.75, 3.05) is 32.1 Å². The minimum Gasteiger partial charge on any atom is -0.311 e. The van der Waals surface area contributed by atoms with Crippen molar-refractivity contribution in [1.82, 2.24) is 10.2 Å². The smallest absolute Gasteiger partial charge is 0.0180 e. The van der Waals surface area contributed by atoms with Gasteiger partial charge in [0.2, 0.25) is 0 Å². The van der Waals surface area contributed by atoms with Gasteiger partial charge < -0.3 is 10.2 Å². The first-order chi connectivity index (χ1) is 9.82. The number of nitrogens with one attached hydrogen (secondary N) is 1. The Morgan fingerprint density at radius 2 is 1.81 bits per heavy atom. The molecular formula is C18H38N2S. The molecule has 0 spiro atoms. The minimum absolute atomic E-state index is 0.229. The highest BCUT2D eigenvalue weighted by Crippen LogP contribution is 2.37. The molecule has 1 aliphatic rings. The van der Waals surface area contributed by atoms with Gasteiger partial charge in [-0.15, -0.1) is 0 Å². The number of thioether (sulfide) groups is 1. The summed E-state index contributed by atoms with van der Waals surface area (Å²) in [6.07, 6.45) is 10.6. The van der Waals surface area contributed by atoms with Crippen LogP contribution in [0, 0.1) is 5.41 Å². The fourth-order valence-corrected chi connectivity index (χ4v) is 4.43. The van der Waals surface area contributed by atoms with Gasteiger partial charge in [-0.2, -0.15) is 11.8 Å². The highest BCUT2D eigenvalue weighted by atomic mass is 32.2. The van der Waals surface area contributed by atoms with E-state index in [4.69, 9.17) is 0 Å². The molecule has 0 aromatic rings. The van der Waals surface area contributed by atoms with Gasteiger partial charge in [0, 0.05) is 30.4 Å². The number of hydrogen-bond donors (Lipinski definition) is 1. The molecule has 1 saturated carbocycles. The molecule has 1 atom stereocenters. The van der Waals surface area contributed by atoms with Crippen LogP contribution in [0.5, 0.6) is 0 Å². The number of nitrogens with zero attached hydrogens (tertiary/aromatic N) is 1. The summed E-state index contributed by atoms with van der Waals surface area (Å²) < 4.78 is 0. The summed E-state index contributed by atoms with van der Waals surface area (Å²) in [5.74, 6) is 1.26. The molecule has 1 aliphatic carbocycles. The van der Waals surface area contributed by atoms with Crippen molar-refractivity contribution in [2.45, 2.75) is 77.8 Å². The van der Waals surface area contributed by atoms with Crippen LogP contribution in [0.25, 0.3) is 0 Å². The van der Waals surface area contributed by atoms with Crippen LogP contribution < -0.4 is 5.32 Å². The summed E-state index contributed by atoms with van der Waals surface area (Å²) in [4.78, 5) is 2.64. The lowest BCUT2D eigenvalue weighted by atomic mass is 9.73. The molecule has 0 aromatic heterocycles. The van der Waals surface area contributed by atoms with Crippen molar-refractivity contribution < 1.29 is 0 Å². The van der Waals surface area contributed by atoms with E-state index in [9.17, 15) is 0 Å². The van der Waals surface area contributed by atoms with Crippen LogP contribution in [-0.2, 0) is 0 Å². The van der Waals surface area contributed by atoms with E-state index in [0.29, 0.717) is 5.41 Å². The first-order valence-electron chi connectivity index (χ1n) is 8.76. The Morgan fingerprint density at radius 3 is 2.29 bits per heavy atom. The van der Waals surface area contributed by atoms with Gasteiger partial charge in [-0.25, -0.2) is 0 Å². The average Bonchev–Trinajstić information content (AvgIpc) is 2.43. The van der Waals surface area contributed by atoms with Crippen LogP contribution in [0.3, 0.4) is 0 Å². The maximum Gasteiger partial charge on any atom is 0.0180 e. The van der Waals surface area contributed by atoms with E-state index >= 15 is 0 Å². The molecule has 21 heavy (non-hydrogen) atoms. The predicted molar refractivity (Wildman–Crippen MR) is 98.4 cm³/mol. The highest BCUT2D eigenvalue weighted by molar-refractivity contribution is 7.98. The Hall–Kier alpha value is 0.270. The SMILES string of the molecule is CCC(CSC)N(C)CC1(CNC(C)(C)C)CCCCC1. The van der Waals surface area contributed by atoms with Gasteiger partial charge in [0.15, 0.2) is 0 Å². The molecule has 0 radical (unpaired) electrons. The molecule has 1 unspecified atom stereocenters. The van der Waals surface area contributed by atoms with Crippen molar-refractivity contribution >= 4 is 11.8 Å². The van der Waals surface area contributed by atoms with E-state index in [1.54, 1.807) is 0 Å². The lowest BCUT2D eigenvalue weighted by molar-refractivity contribution is 0.0902. The predicted octanol–water partition coefficient (Wildman–Crippen LogP) is 4.40. The van der Waals surface area contributed by atoms with Gasteiger partial charge in [0.1, 0.15) is 0 Å². The number of rotatable bonds is 8. The summed E-state index contributed by atoms with van der Waals surface area (Å²) in [6, 6.07) is 0.730. The second-order valence-electron chi connectivity index (χ2n) is 8.10. The van der Waals surface area contributed by atoms with E-state index in [2.05, 4.69) is 51.2 Å². The Kier molecular flexibility index (Phi) is 8.08. The molecule has 1 fully saturated rings. The summed E-state index contributed by atoms with van der Waals surface area (Å²) >= 11 is 1.98. The van der Waals surface area contributed by atoms with Crippen molar-refractivity contribution in [1.29, 1.82) is 0 Å². The lowest BCUT2D eigenvalue weighted by Gasteiger charge is -2.44. The maximum atomic E-state index is 3.79. The molecule has 0 bridgehead atoms. The van der Waals surface area contributed by atoms with Gasteiger partial charge in [0.05, 0.1) is 0 Å². The van der Waals surface area contributed by atoms with Gasteiger partial charge in [0.25, 0.3) is 0 Å². The first-order valence-corrected chi connectivity index (χ1v) is 10.2. The maximum absolute atomic E-state index is 3.79. The highest BCUT2D eigenvalue weighted by Gasteiger charge is 2.35. The van der Waals surface area contributed by atoms with Gasteiger partial charge in [-0.05, 0) is 58.8 Å². The molecule has 0 aliphatic heterocycles. The third kappa shape index (κ3) is 6.92. The molecule has 0 heterocycles. The molecule has 1 rings (SSSR count). The van der Waals surface area contributed by atoms with Gasteiger partial charge in [-0.3, -0.25) is 0 Å². The standard InChI is InChI=1S/C18H38N2S/c1-7-16(13-21-6)20(5)15-18(11-9-8-10-12-18)14-19-17(2,3)4/h16,19H,7-15H2,1-6H3. The van der Waals surface area contributed by atoms with Crippen LogP contribution in [0.2, 0.25) is 0 Å². The summed E-state index contributed by atoms with van der Waals surface area (Å²) in [7, 11) is 2.35. The third-order valence-electron chi connectivity index (χ3n) is 4.95. The molecule has 0 aromatic carbocycles. The van der Waals surface area contributed by atoms with Crippen LogP contribution >= 0.6 is 11.8 Å². The lowest BCUT2D eigenvalue weighted by Crippen LogP contribution is -2.51. The Morgan fingerprint density at radius 1 is 1.19 bits per heavy atom. The zero-order chi connectivity index (χ0) is 15.9. The molecule has 126 valence electrons. The van der Waals surface area contributed by atoms with E-state index in [0.717, 1.165) is 6.04 Å².